The van der Waals surface area contributed by atoms with E-state index >= 15 is 0 Å². The van der Waals surface area contributed by atoms with Gasteiger partial charge in [-0.25, -0.2) is 0 Å². The maximum Gasteiger partial charge on any atom is 0.305 e. The molecule has 0 saturated carbocycles. The zero-order valence-electron chi connectivity index (χ0n) is 7.89. The molecule has 0 bridgehead atoms. The van der Waals surface area contributed by atoms with Crippen LogP contribution in [0.4, 0.5) is 0 Å². The van der Waals surface area contributed by atoms with Crippen molar-refractivity contribution in [3.05, 3.63) is 11.1 Å². The Morgan fingerprint density at radius 1 is 1.36 bits per heavy atom. The van der Waals surface area contributed by atoms with Gasteiger partial charge in [-0.3, -0.25) is 9.59 Å². The van der Waals surface area contributed by atoms with Gasteiger partial charge in [0.1, 0.15) is 0 Å². The highest BCUT2D eigenvalue weighted by Gasteiger charge is 2.02. The van der Waals surface area contributed by atoms with Crippen LogP contribution in [0.2, 0.25) is 0 Å². The monoisotopic (exact) mass is 238 g/mol. The zero-order chi connectivity index (χ0) is 11.0. The first-order valence-corrected chi connectivity index (χ1v) is 5.03. The van der Waals surface area contributed by atoms with Gasteiger partial charge in [0.2, 0.25) is 0 Å². The van der Waals surface area contributed by atoms with Gasteiger partial charge in [-0.15, -0.1) is 11.6 Å². The summed E-state index contributed by atoms with van der Waals surface area (Å²) in [7, 11) is 1.33. The number of carbonyl (C=O) groups excluding carboxylic acids is 2. The third kappa shape index (κ3) is 6.92. The number of ketones is 1. The third-order valence-corrected chi connectivity index (χ3v) is 2.03. The molecule has 80 valence electrons. The summed E-state index contributed by atoms with van der Waals surface area (Å²) in [4.78, 5) is 21.5. The highest BCUT2D eigenvalue weighted by molar-refractivity contribution is 6.34. The number of methoxy groups -OCH3 is 1. The Bertz CT molecular complexity index is 236. The van der Waals surface area contributed by atoms with Crippen LogP contribution in [-0.4, -0.2) is 24.7 Å². The summed E-state index contributed by atoms with van der Waals surface area (Å²) >= 11 is 11.0. The van der Waals surface area contributed by atoms with Gasteiger partial charge >= 0.3 is 5.97 Å². The average Bonchev–Trinajstić information content (AvgIpc) is 2.17. The van der Waals surface area contributed by atoms with Crippen LogP contribution >= 0.6 is 23.2 Å². The maximum absolute atomic E-state index is 10.8. The van der Waals surface area contributed by atoms with Crippen LogP contribution in [0.3, 0.4) is 0 Å². The number of alkyl halides is 1. The zero-order valence-corrected chi connectivity index (χ0v) is 9.40. The summed E-state index contributed by atoms with van der Waals surface area (Å²) in [6.45, 7) is 0. The van der Waals surface area contributed by atoms with Crippen molar-refractivity contribution < 1.29 is 14.3 Å². The molecule has 0 atom stereocenters. The van der Waals surface area contributed by atoms with Crippen LogP contribution < -0.4 is 0 Å². The van der Waals surface area contributed by atoms with E-state index in [2.05, 4.69) is 4.74 Å². The summed E-state index contributed by atoms with van der Waals surface area (Å²) in [6.07, 6.45) is 2.64. The van der Waals surface area contributed by atoms with Crippen LogP contribution in [0.5, 0.6) is 0 Å². The Balaban J connectivity index is 3.73. The van der Waals surface area contributed by atoms with Crippen LogP contribution in [0.25, 0.3) is 0 Å². The standard InChI is InChI=1S/C9H12Cl2O3/c1-14-9(13)4-2-3-7(11)5-8(12)6-10/h5H,2-4,6H2,1H3/b7-5-. The van der Waals surface area contributed by atoms with Crippen molar-refractivity contribution in [3.63, 3.8) is 0 Å². The van der Waals surface area contributed by atoms with Gasteiger partial charge in [-0.2, -0.15) is 0 Å². The molecule has 0 fully saturated rings. The van der Waals surface area contributed by atoms with Crippen molar-refractivity contribution in [2.24, 2.45) is 0 Å². The normalized spacial score (nSPS) is 11.2. The van der Waals surface area contributed by atoms with Crippen molar-refractivity contribution in [2.45, 2.75) is 19.3 Å². The number of allylic oxidation sites excluding steroid dienone is 2. The molecule has 0 aromatic rings. The first-order chi connectivity index (χ1) is 6.60. The van der Waals surface area contributed by atoms with Crippen molar-refractivity contribution in [3.8, 4) is 0 Å². The van der Waals surface area contributed by atoms with Gasteiger partial charge < -0.3 is 4.74 Å². The Hall–Kier alpha value is -0.540. The van der Waals surface area contributed by atoms with Gasteiger partial charge in [-0.05, 0) is 18.9 Å². The molecule has 0 rings (SSSR count). The molecule has 0 heterocycles. The molecule has 5 heteroatoms. The first-order valence-electron chi connectivity index (χ1n) is 4.11. The summed E-state index contributed by atoms with van der Waals surface area (Å²) in [6, 6.07) is 0. The molecule has 0 unspecified atom stereocenters. The lowest BCUT2D eigenvalue weighted by atomic mass is 10.2. The minimum absolute atomic E-state index is 0.0762. The lowest BCUT2D eigenvalue weighted by molar-refractivity contribution is -0.140. The largest absolute Gasteiger partial charge is 0.469 e. The number of carbonyl (C=O) groups is 2. The fraction of sp³-hybridized carbons (Fsp3) is 0.556. The maximum atomic E-state index is 10.8. The highest BCUT2D eigenvalue weighted by Crippen LogP contribution is 2.12. The topological polar surface area (TPSA) is 43.4 Å². The van der Waals surface area contributed by atoms with Gasteiger partial charge in [0, 0.05) is 11.5 Å². The van der Waals surface area contributed by atoms with Gasteiger partial charge in [0.15, 0.2) is 5.78 Å². The second kappa shape index (κ2) is 7.83. The van der Waals surface area contributed by atoms with Crippen LogP contribution in [0.15, 0.2) is 11.1 Å². The summed E-state index contributed by atoms with van der Waals surface area (Å²) < 4.78 is 4.44. The van der Waals surface area contributed by atoms with Gasteiger partial charge in [0.05, 0.1) is 13.0 Å². The van der Waals surface area contributed by atoms with E-state index in [-0.39, 0.29) is 17.6 Å². The SMILES string of the molecule is COC(=O)CCC/C(Cl)=C/C(=O)CCl. The van der Waals surface area contributed by atoms with E-state index in [4.69, 9.17) is 23.2 Å². The van der Waals surface area contributed by atoms with E-state index in [1.807, 2.05) is 0 Å². The van der Waals surface area contributed by atoms with Crippen molar-refractivity contribution >= 4 is 35.0 Å². The molecule has 0 radical (unpaired) electrons. The second-order valence-corrected chi connectivity index (χ2v) is 3.37. The molecule has 0 aliphatic heterocycles. The Kier molecular flexibility index (Phi) is 7.52. The molecular formula is C9H12Cl2O3. The van der Waals surface area contributed by atoms with E-state index in [0.29, 0.717) is 24.3 Å². The Morgan fingerprint density at radius 3 is 2.50 bits per heavy atom. The van der Waals surface area contributed by atoms with E-state index < -0.39 is 0 Å². The number of esters is 1. The van der Waals surface area contributed by atoms with Crippen LogP contribution in [-0.2, 0) is 14.3 Å². The minimum atomic E-state index is -0.280. The number of hydrogen-bond donors (Lipinski definition) is 0. The Morgan fingerprint density at radius 2 is 2.00 bits per heavy atom. The molecule has 14 heavy (non-hydrogen) atoms. The average molecular weight is 239 g/mol. The van der Waals surface area contributed by atoms with Gasteiger partial charge in [0.25, 0.3) is 0 Å². The van der Waals surface area contributed by atoms with Gasteiger partial charge in [-0.1, -0.05) is 11.6 Å². The number of rotatable bonds is 6. The highest BCUT2D eigenvalue weighted by atomic mass is 35.5. The smallest absolute Gasteiger partial charge is 0.305 e. The molecule has 0 aliphatic carbocycles. The predicted octanol–water partition coefficient (Wildman–Crippen LogP) is 2.26. The quantitative estimate of drug-likeness (QED) is 0.405. The molecule has 0 aliphatic rings. The molecule has 0 aromatic carbocycles. The predicted molar refractivity (Wildman–Crippen MR) is 55.5 cm³/mol. The number of hydrogen-bond acceptors (Lipinski definition) is 3. The number of ether oxygens (including phenoxy) is 1. The van der Waals surface area contributed by atoms with Crippen molar-refractivity contribution in [1.29, 1.82) is 0 Å². The summed E-state index contributed by atoms with van der Waals surface area (Å²) in [5.41, 5.74) is 0. The fourth-order valence-corrected chi connectivity index (χ4v) is 1.12. The molecule has 0 N–H and O–H groups in total. The third-order valence-electron chi connectivity index (χ3n) is 1.47. The van der Waals surface area contributed by atoms with E-state index in [1.54, 1.807) is 0 Å². The molecule has 0 spiro atoms. The molecule has 0 aromatic heterocycles. The van der Waals surface area contributed by atoms with Crippen molar-refractivity contribution in [1.82, 2.24) is 0 Å². The van der Waals surface area contributed by atoms with E-state index in [9.17, 15) is 9.59 Å². The minimum Gasteiger partial charge on any atom is -0.469 e. The summed E-state index contributed by atoms with van der Waals surface area (Å²) in [5, 5.41) is 0.416. The van der Waals surface area contributed by atoms with Crippen LogP contribution in [0, 0.1) is 0 Å². The van der Waals surface area contributed by atoms with E-state index in [0.717, 1.165) is 0 Å². The lowest BCUT2D eigenvalue weighted by Gasteiger charge is -1.98. The molecular weight excluding hydrogens is 227 g/mol. The summed E-state index contributed by atoms with van der Waals surface area (Å²) in [5.74, 6) is -0.583. The molecule has 3 nitrogen and oxygen atoms in total. The van der Waals surface area contributed by atoms with Crippen molar-refractivity contribution in [2.75, 3.05) is 13.0 Å². The second-order valence-electron chi connectivity index (χ2n) is 2.62. The molecule has 0 saturated heterocycles. The Labute approximate surface area is 93.0 Å². The fourth-order valence-electron chi connectivity index (χ4n) is 0.789. The lowest BCUT2D eigenvalue weighted by Crippen LogP contribution is -1.99. The first kappa shape index (κ1) is 13.5. The van der Waals surface area contributed by atoms with E-state index in [1.165, 1.54) is 13.2 Å². The molecule has 0 amide bonds. The van der Waals surface area contributed by atoms with Crippen LogP contribution in [0.1, 0.15) is 19.3 Å². The number of halogens is 2.